The van der Waals surface area contributed by atoms with Crippen LogP contribution in [-0.4, -0.2) is 25.5 Å². The van der Waals surface area contributed by atoms with E-state index in [-0.39, 0.29) is 11.6 Å². The summed E-state index contributed by atoms with van der Waals surface area (Å²) in [5.74, 6) is -0.274. The Labute approximate surface area is 111 Å². The van der Waals surface area contributed by atoms with Gasteiger partial charge in [0.05, 0.1) is 11.4 Å². The predicted octanol–water partition coefficient (Wildman–Crippen LogP) is 0.228. The first-order valence-electron chi connectivity index (χ1n) is 6.10. The summed E-state index contributed by atoms with van der Waals surface area (Å²) in [7, 11) is 3.59. The largest absolute Gasteiger partial charge is 0.396 e. The lowest BCUT2D eigenvalue weighted by Gasteiger charge is -2.03. The maximum Gasteiger partial charge on any atom is 0.274 e. The first-order chi connectivity index (χ1) is 9.01. The Hall–Kier alpha value is -2.31. The van der Waals surface area contributed by atoms with Gasteiger partial charge in [0, 0.05) is 38.6 Å². The number of anilines is 1. The van der Waals surface area contributed by atoms with Crippen LogP contribution in [0, 0.1) is 0 Å². The predicted molar refractivity (Wildman–Crippen MR) is 71.4 cm³/mol. The molecule has 1 amide bonds. The minimum absolute atomic E-state index is 0.254. The lowest BCUT2D eigenvalue weighted by Crippen LogP contribution is -2.24. The number of amides is 1. The van der Waals surface area contributed by atoms with Gasteiger partial charge in [-0.25, -0.2) is 0 Å². The highest BCUT2D eigenvalue weighted by Gasteiger charge is 2.14. The summed E-state index contributed by atoms with van der Waals surface area (Å²) in [6, 6.07) is 0. The van der Waals surface area contributed by atoms with Gasteiger partial charge in [-0.3, -0.25) is 14.2 Å². The average Bonchev–Trinajstić information content (AvgIpc) is 2.88. The van der Waals surface area contributed by atoms with Crippen molar-refractivity contribution in [1.29, 1.82) is 0 Å². The summed E-state index contributed by atoms with van der Waals surface area (Å²) in [4.78, 5) is 12.0. The zero-order valence-electron chi connectivity index (χ0n) is 11.3. The average molecular weight is 262 g/mol. The molecule has 102 valence electrons. The summed E-state index contributed by atoms with van der Waals surface area (Å²) < 4.78 is 3.27. The van der Waals surface area contributed by atoms with Crippen molar-refractivity contribution in [3.05, 3.63) is 29.3 Å². The van der Waals surface area contributed by atoms with E-state index in [0.29, 0.717) is 12.2 Å². The third kappa shape index (κ3) is 2.75. The molecule has 0 unspecified atom stereocenters. The third-order valence-electron chi connectivity index (χ3n) is 2.84. The van der Waals surface area contributed by atoms with Crippen LogP contribution in [0.25, 0.3) is 0 Å². The van der Waals surface area contributed by atoms with Crippen molar-refractivity contribution in [2.75, 3.05) is 5.73 Å². The Morgan fingerprint density at radius 1 is 1.32 bits per heavy atom. The third-order valence-corrected chi connectivity index (χ3v) is 2.84. The van der Waals surface area contributed by atoms with Crippen LogP contribution >= 0.6 is 0 Å². The standard InChI is InChI=1S/C12H18N6O/c1-4-10-8(6-17(2)15-10)5-14-12(19)11-9(13)7-18(3)16-11/h6-7H,4-5,13H2,1-3H3,(H,14,19). The second kappa shape index (κ2) is 5.13. The van der Waals surface area contributed by atoms with Crippen molar-refractivity contribution < 1.29 is 4.79 Å². The van der Waals surface area contributed by atoms with Crippen molar-refractivity contribution >= 4 is 11.6 Å². The van der Waals surface area contributed by atoms with Gasteiger partial charge in [-0.15, -0.1) is 0 Å². The molecule has 2 rings (SSSR count). The summed E-state index contributed by atoms with van der Waals surface area (Å²) >= 11 is 0. The summed E-state index contributed by atoms with van der Waals surface area (Å²) in [6.07, 6.45) is 4.34. The van der Waals surface area contributed by atoms with Gasteiger partial charge in [-0.05, 0) is 6.42 Å². The summed E-state index contributed by atoms with van der Waals surface area (Å²) in [5.41, 5.74) is 8.33. The highest BCUT2D eigenvalue weighted by atomic mass is 16.2. The van der Waals surface area contributed by atoms with Gasteiger partial charge in [0.25, 0.3) is 5.91 Å². The molecule has 0 fully saturated rings. The van der Waals surface area contributed by atoms with E-state index in [4.69, 9.17) is 5.73 Å². The number of nitrogens with two attached hydrogens (primary N) is 1. The number of rotatable bonds is 4. The van der Waals surface area contributed by atoms with Crippen LogP contribution in [0.1, 0.15) is 28.7 Å². The fourth-order valence-electron chi connectivity index (χ4n) is 1.97. The highest BCUT2D eigenvalue weighted by Crippen LogP contribution is 2.10. The number of carbonyl (C=O) groups is 1. The van der Waals surface area contributed by atoms with E-state index >= 15 is 0 Å². The Morgan fingerprint density at radius 3 is 2.58 bits per heavy atom. The van der Waals surface area contributed by atoms with Gasteiger partial charge in [0.15, 0.2) is 5.69 Å². The molecule has 0 saturated heterocycles. The van der Waals surface area contributed by atoms with Gasteiger partial charge < -0.3 is 11.1 Å². The molecule has 0 aromatic carbocycles. The Balaban J connectivity index is 2.06. The van der Waals surface area contributed by atoms with Crippen molar-refractivity contribution in [3.8, 4) is 0 Å². The molecule has 2 aromatic rings. The minimum Gasteiger partial charge on any atom is -0.396 e. The molecule has 7 heteroatoms. The number of hydrogen-bond donors (Lipinski definition) is 2. The Kier molecular flexibility index (Phi) is 3.55. The summed E-state index contributed by atoms with van der Waals surface area (Å²) in [6.45, 7) is 2.45. The van der Waals surface area contributed by atoms with Crippen LogP contribution in [0.5, 0.6) is 0 Å². The fourth-order valence-corrected chi connectivity index (χ4v) is 1.97. The number of hydrogen-bond acceptors (Lipinski definition) is 4. The monoisotopic (exact) mass is 262 g/mol. The quantitative estimate of drug-likeness (QED) is 0.825. The summed E-state index contributed by atoms with van der Waals surface area (Å²) in [5, 5.41) is 11.2. The van der Waals surface area contributed by atoms with E-state index in [1.807, 2.05) is 20.2 Å². The van der Waals surface area contributed by atoms with E-state index in [1.165, 1.54) is 4.68 Å². The van der Waals surface area contributed by atoms with Crippen molar-refractivity contribution in [3.63, 3.8) is 0 Å². The van der Waals surface area contributed by atoms with E-state index in [0.717, 1.165) is 17.7 Å². The molecule has 2 aromatic heterocycles. The molecule has 3 N–H and O–H groups in total. The maximum atomic E-state index is 12.0. The number of aryl methyl sites for hydroxylation is 3. The van der Waals surface area contributed by atoms with Gasteiger partial charge in [0.1, 0.15) is 0 Å². The Bertz CT molecular complexity index is 597. The number of carbonyl (C=O) groups excluding carboxylic acids is 1. The highest BCUT2D eigenvalue weighted by molar-refractivity contribution is 5.96. The Morgan fingerprint density at radius 2 is 2.00 bits per heavy atom. The van der Waals surface area contributed by atoms with E-state index < -0.39 is 0 Å². The zero-order valence-corrected chi connectivity index (χ0v) is 11.3. The van der Waals surface area contributed by atoms with Crippen molar-refractivity contribution in [2.24, 2.45) is 14.1 Å². The molecule has 0 atom stereocenters. The normalized spacial score (nSPS) is 10.7. The second-order valence-electron chi connectivity index (χ2n) is 4.42. The van der Waals surface area contributed by atoms with Crippen LogP contribution < -0.4 is 11.1 Å². The molecule has 2 heterocycles. The lowest BCUT2D eigenvalue weighted by atomic mass is 10.2. The first-order valence-corrected chi connectivity index (χ1v) is 6.10. The van der Waals surface area contributed by atoms with Gasteiger partial charge in [-0.1, -0.05) is 6.92 Å². The molecular formula is C12H18N6O. The first kappa shape index (κ1) is 13.1. The van der Waals surface area contributed by atoms with Gasteiger partial charge in [-0.2, -0.15) is 10.2 Å². The molecule has 0 saturated carbocycles. The zero-order chi connectivity index (χ0) is 14.0. The van der Waals surface area contributed by atoms with Crippen LogP contribution in [0.4, 0.5) is 5.69 Å². The maximum absolute atomic E-state index is 12.0. The van der Waals surface area contributed by atoms with Gasteiger partial charge >= 0.3 is 0 Å². The number of nitrogens with one attached hydrogen (secondary N) is 1. The van der Waals surface area contributed by atoms with E-state index in [9.17, 15) is 4.79 Å². The molecular weight excluding hydrogens is 244 g/mol. The number of aromatic nitrogens is 4. The molecule has 0 radical (unpaired) electrons. The fraction of sp³-hybridized carbons (Fsp3) is 0.417. The minimum atomic E-state index is -0.274. The molecule has 7 nitrogen and oxygen atoms in total. The number of nitrogens with zero attached hydrogens (tertiary/aromatic N) is 4. The lowest BCUT2D eigenvalue weighted by molar-refractivity contribution is 0.0946. The molecule has 0 aliphatic rings. The van der Waals surface area contributed by atoms with E-state index in [1.54, 1.807) is 17.9 Å². The SMILES string of the molecule is CCc1nn(C)cc1CNC(=O)c1nn(C)cc1N. The number of nitrogen functional groups attached to an aromatic ring is 1. The van der Waals surface area contributed by atoms with Crippen molar-refractivity contribution in [2.45, 2.75) is 19.9 Å². The van der Waals surface area contributed by atoms with Crippen LogP contribution in [0.3, 0.4) is 0 Å². The van der Waals surface area contributed by atoms with Gasteiger partial charge in [0.2, 0.25) is 0 Å². The van der Waals surface area contributed by atoms with Crippen molar-refractivity contribution in [1.82, 2.24) is 24.9 Å². The molecule has 0 aliphatic heterocycles. The van der Waals surface area contributed by atoms with Crippen LogP contribution in [-0.2, 0) is 27.1 Å². The second-order valence-corrected chi connectivity index (χ2v) is 4.42. The smallest absolute Gasteiger partial charge is 0.274 e. The van der Waals surface area contributed by atoms with Crippen LogP contribution in [0.15, 0.2) is 12.4 Å². The van der Waals surface area contributed by atoms with E-state index in [2.05, 4.69) is 15.5 Å². The molecule has 0 aliphatic carbocycles. The molecule has 0 bridgehead atoms. The molecule has 19 heavy (non-hydrogen) atoms. The molecule has 0 spiro atoms. The van der Waals surface area contributed by atoms with Crippen LogP contribution in [0.2, 0.25) is 0 Å². The topological polar surface area (TPSA) is 90.8 Å².